The van der Waals surface area contributed by atoms with Crippen LogP contribution in [0, 0.1) is 0 Å². The van der Waals surface area contributed by atoms with Crippen LogP contribution in [0.3, 0.4) is 0 Å². The van der Waals surface area contributed by atoms with E-state index < -0.39 is 0 Å². The second-order valence-corrected chi connectivity index (χ2v) is 4.38. The molecule has 0 aliphatic carbocycles. The van der Waals surface area contributed by atoms with E-state index in [1.807, 2.05) is 12.1 Å². The molecule has 0 bridgehead atoms. The highest BCUT2D eigenvalue weighted by molar-refractivity contribution is 5.73. The summed E-state index contributed by atoms with van der Waals surface area (Å²) < 4.78 is 10.3. The van der Waals surface area contributed by atoms with E-state index in [4.69, 9.17) is 9.47 Å². The average molecular weight is 302 g/mol. The van der Waals surface area contributed by atoms with Gasteiger partial charge in [0.1, 0.15) is 0 Å². The van der Waals surface area contributed by atoms with Crippen LogP contribution in [-0.4, -0.2) is 30.2 Å². The topological polar surface area (TPSA) is 85.4 Å². The van der Waals surface area contributed by atoms with Crippen LogP contribution in [0.1, 0.15) is 11.1 Å². The molecular formula is C15H18N4O3. The summed E-state index contributed by atoms with van der Waals surface area (Å²) in [5.41, 5.74) is 1.61. The molecule has 116 valence electrons. The Hall–Kier alpha value is -2.83. The summed E-state index contributed by atoms with van der Waals surface area (Å²) in [6, 6.07) is 6.97. The first-order valence-corrected chi connectivity index (χ1v) is 6.72. The molecule has 0 aliphatic heterocycles. The van der Waals surface area contributed by atoms with Gasteiger partial charge in [-0.3, -0.25) is 0 Å². The molecule has 0 fully saturated rings. The molecule has 0 atom stereocenters. The van der Waals surface area contributed by atoms with Crippen molar-refractivity contribution in [2.45, 2.75) is 13.1 Å². The van der Waals surface area contributed by atoms with Crippen LogP contribution in [0.2, 0.25) is 0 Å². The van der Waals surface area contributed by atoms with Gasteiger partial charge in [-0.05, 0) is 12.1 Å². The highest BCUT2D eigenvalue weighted by Crippen LogP contribution is 2.14. The third-order valence-corrected chi connectivity index (χ3v) is 2.97. The number of carbonyl (C=O) groups excluding carboxylic acids is 1. The number of carbonyl (C=O) groups is 1. The first-order valence-electron chi connectivity index (χ1n) is 6.72. The Morgan fingerprint density at radius 1 is 0.955 bits per heavy atom. The van der Waals surface area contributed by atoms with Gasteiger partial charge in [0.15, 0.2) is 0 Å². The van der Waals surface area contributed by atoms with Crippen molar-refractivity contribution in [1.29, 1.82) is 0 Å². The maximum atomic E-state index is 11.8. The normalized spacial score (nSPS) is 9.91. The van der Waals surface area contributed by atoms with E-state index in [0.29, 0.717) is 24.8 Å². The van der Waals surface area contributed by atoms with Crippen LogP contribution in [0.4, 0.5) is 4.79 Å². The molecule has 2 aromatic heterocycles. The molecule has 0 unspecified atom stereocenters. The molecule has 2 aromatic rings. The van der Waals surface area contributed by atoms with Gasteiger partial charge in [-0.1, -0.05) is 12.1 Å². The first-order chi connectivity index (χ1) is 10.7. The van der Waals surface area contributed by atoms with E-state index in [9.17, 15) is 4.79 Å². The standard InChI is InChI=1S/C15H18N4O3/c1-21-13-11(5-3-7-16-13)9-18-15(20)19-10-12-6-4-8-17-14(12)22-2/h3-8H,9-10H2,1-2H3,(H2,18,19,20). The van der Waals surface area contributed by atoms with Gasteiger partial charge >= 0.3 is 6.03 Å². The average Bonchev–Trinajstić information content (AvgIpc) is 2.58. The fraction of sp³-hybridized carbons (Fsp3) is 0.267. The number of rotatable bonds is 6. The summed E-state index contributed by atoms with van der Waals surface area (Å²) in [5, 5.41) is 5.50. The number of hydrogen-bond donors (Lipinski definition) is 2. The van der Waals surface area contributed by atoms with E-state index in [1.165, 1.54) is 0 Å². The van der Waals surface area contributed by atoms with Crippen molar-refractivity contribution in [3.05, 3.63) is 47.8 Å². The zero-order valence-corrected chi connectivity index (χ0v) is 12.5. The van der Waals surface area contributed by atoms with Gasteiger partial charge in [0, 0.05) is 36.6 Å². The molecule has 22 heavy (non-hydrogen) atoms. The maximum Gasteiger partial charge on any atom is 0.315 e. The van der Waals surface area contributed by atoms with E-state index in [1.54, 1.807) is 38.7 Å². The number of nitrogens with zero attached hydrogens (tertiary/aromatic N) is 2. The van der Waals surface area contributed by atoms with Gasteiger partial charge in [-0.2, -0.15) is 0 Å². The third-order valence-electron chi connectivity index (χ3n) is 2.97. The Kier molecular flexibility index (Phi) is 5.53. The molecule has 2 amide bonds. The van der Waals surface area contributed by atoms with Crippen molar-refractivity contribution < 1.29 is 14.3 Å². The zero-order valence-electron chi connectivity index (χ0n) is 12.5. The number of pyridine rings is 2. The molecule has 2 heterocycles. The van der Waals surface area contributed by atoms with Gasteiger partial charge in [-0.15, -0.1) is 0 Å². The summed E-state index contributed by atoms with van der Waals surface area (Å²) >= 11 is 0. The molecule has 2 rings (SSSR count). The van der Waals surface area contributed by atoms with Crippen molar-refractivity contribution in [2.24, 2.45) is 0 Å². The van der Waals surface area contributed by atoms with Crippen molar-refractivity contribution in [3.8, 4) is 11.8 Å². The number of urea groups is 1. The van der Waals surface area contributed by atoms with E-state index >= 15 is 0 Å². The quantitative estimate of drug-likeness (QED) is 0.844. The SMILES string of the molecule is COc1ncccc1CNC(=O)NCc1cccnc1OC. The first kappa shape index (κ1) is 15.6. The molecular weight excluding hydrogens is 284 g/mol. The summed E-state index contributed by atoms with van der Waals surface area (Å²) in [7, 11) is 3.08. The second kappa shape index (κ2) is 7.82. The van der Waals surface area contributed by atoms with Crippen LogP contribution in [0.25, 0.3) is 0 Å². The minimum Gasteiger partial charge on any atom is -0.481 e. The molecule has 0 aliphatic rings. The zero-order chi connectivity index (χ0) is 15.8. The van der Waals surface area contributed by atoms with Crippen molar-refractivity contribution in [1.82, 2.24) is 20.6 Å². The van der Waals surface area contributed by atoms with Gasteiger partial charge in [0.25, 0.3) is 0 Å². The number of ether oxygens (including phenoxy) is 2. The number of hydrogen-bond acceptors (Lipinski definition) is 5. The molecule has 7 nitrogen and oxygen atoms in total. The van der Waals surface area contributed by atoms with Crippen molar-refractivity contribution >= 4 is 6.03 Å². The lowest BCUT2D eigenvalue weighted by Gasteiger charge is -2.11. The van der Waals surface area contributed by atoms with Gasteiger partial charge < -0.3 is 20.1 Å². The molecule has 7 heteroatoms. The number of nitrogens with one attached hydrogen (secondary N) is 2. The van der Waals surface area contributed by atoms with Crippen LogP contribution in [0.15, 0.2) is 36.7 Å². The summed E-state index contributed by atoms with van der Waals surface area (Å²) in [5.74, 6) is 0.994. The van der Waals surface area contributed by atoms with Gasteiger partial charge in [0.05, 0.1) is 14.2 Å². The van der Waals surface area contributed by atoms with E-state index in [-0.39, 0.29) is 6.03 Å². The molecule has 0 spiro atoms. The third kappa shape index (κ3) is 4.08. The van der Waals surface area contributed by atoms with Crippen LogP contribution in [-0.2, 0) is 13.1 Å². The maximum absolute atomic E-state index is 11.8. The summed E-state index contributed by atoms with van der Waals surface area (Å²) in [6.07, 6.45) is 3.27. The number of aromatic nitrogens is 2. The van der Waals surface area contributed by atoms with Gasteiger partial charge in [-0.25, -0.2) is 14.8 Å². The predicted molar refractivity (Wildman–Crippen MR) is 80.7 cm³/mol. The Morgan fingerprint density at radius 3 is 1.82 bits per heavy atom. The lowest BCUT2D eigenvalue weighted by Crippen LogP contribution is -2.34. The number of amides is 2. The Balaban J connectivity index is 1.86. The fourth-order valence-electron chi connectivity index (χ4n) is 1.90. The highest BCUT2D eigenvalue weighted by atomic mass is 16.5. The minimum atomic E-state index is -0.295. The lowest BCUT2D eigenvalue weighted by atomic mass is 10.2. The smallest absolute Gasteiger partial charge is 0.315 e. The van der Waals surface area contributed by atoms with Crippen LogP contribution >= 0.6 is 0 Å². The molecule has 0 radical (unpaired) electrons. The highest BCUT2D eigenvalue weighted by Gasteiger charge is 2.07. The van der Waals surface area contributed by atoms with E-state index in [0.717, 1.165) is 11.1 Å². The predicted octanol–water partition coefficient (Wildman–Crippen LogP) is 1.49. The molecule has 0 saturated carbocycles. The van der Waals surface area contributed by atoms with Crippen LogP contribution < -0.4 is 20.1 Å². The Morgan fingerprint density at radius 2 is 1.41 bits per heavy atom. The van der Waals surface area contributed by atoms with E-state index in [2.05, 4.69) is 20.6 Å². The monoisotopic (exact) mass is 302 g/mol. The summed E-state index contributed by atoms with van der Waals surface area (Å²) in [6.45, 7) is 0.653. The Labute approximate surface area is 128 Å². The molecule has 0 saturated heterocycles. The van der Waals surface area contributed by atoms with Gasteiger partial charge in [0.2, 0.25) is 11.8 Å². The van der Waals surface area contributed by atoms with Crippen molar-refractivity contribution in [3.63, 3.8) is 0 Å². The Bertz CT molecular complexity index is 580. The molecule has 2 N–H and O–H groups in total. The minimum absolute atomic E-state index is 0.295. The fourth-order valence-corrected chi connectivity index (χ4v) is 1.90. The second-order valence-electron chi connectivity index (χ2n) is 4.38. The largest absolute Gasteiger partial charge is 0.481 e. The van der Waals surface area contributed by atoms with Crippen LogP contribution in [0.5, 0.6) is 11.8 Å². The lowest BCUT2D eigenvalue weighted by molar-refractivity contribution is 0.240. The van der Waals surface area contributed by atoms with Crippen molar-refractivity contribution in [2.75, 3.05) is 14.2 Å². The summed E-state index contributed by atoms with van der Waals surface area (Å²) in [4.78, 5) is 20.0. The molecule has 0 aromatic carbocycles. The number of methoxy groups -OCH3 is 2.